The predicted octanol–water partition coefficient (Wildman–Crippen LogP) is 4.11. The maximum absolute atomic E-state index is 11.3. The molecule has 1 aromatic carbocycles. The lowest BCUT2D eigenvalue weighted by Gasteiger charge is -2.28. The molecular formula is C17H26N2O. The maximum Gasteiger partial charge on any atom is 0.154 e. The molecule has 0 bridgehead atoms. The highest BCUT2D eigenvalue weighted by molar-refractivity contribution is 5.88. The van der Waals surface area contributed by atoms with Gasteiger partial charge in [0.15, 0.2) is 5.78 Å². The van der Waals surface area contributed by atoms with E-state index in [4.69, 9.17) is 5.84 Å². The molecule has 0 heterocycles. The molecule has 1 aromatic rings. The van der Waals surface area contributed by atoms with Gasteiger partial charge in [0.05, 0.1) is 5.69 Å². The quantitative estimate of drug-likeness (QED) is 0.499. The molecule has 0 aromatic heterocycles. The zero-order valence-electron chi connectivity index (χ0n) is 13.4. The van der Waals surface area contributed by atoms with E-state index >= 15 is 0 Å². The van der Waals surface area contributed by atoms with Crippen molar-refractivity contribution >= 4 is 11.5 Å². The molecule has 0 saturated heterocycles. The summed E-state index contributed by atoms with van der Waals surface area (Å²) in [6.07, 6.45) is 1.57. The van der Waals surface area contributed by atoms with Crippen LogP contribution < -0.4 is 10.9 Å². The molecule has 20 heavy (non-hydrogen) atoms. The van der Waals surface area contributed by atoms with Crippen molar-refractivity contribution in [1.29, 1.82) is 0 Å². The Morgan fingerprint density at radius 2 is 1.55 bits per heavy atom. The van der Waals surface area contributed by atoms with E-state index < -0.39 is 0 Å². The van der Waals surface area contributed by atoms with Gasteiger partial charge in [0.25, 0.3) is 0 Å². The number of hydrogen-bond acceptors (Lipinski definition) is 3. The van der Waals surface area contributed by atoms with Gasteiger partial charge in [0.1, 0.15) is 0 Å². The second kappa shape index (κ2) is 6.71. The lowest BCUT2D eigenvalue weighted by molar-refractivity contribution is -0.112. The number of carbonyl (C=O) groups is 1. The van der Waals surface area contributed by atoms with Gasteiger partial charge in [-0.3, -0.25) is 9.80 Å². The van der Waals surface area contributed by atoms with Gasteiger partial charge in [-0.2, -0.15) is 0 Å². The van der Waals surface area contributed by atoms with Gasteiger partial charge in [-0.15, -0.1) is 0 Å². The van der Waals surface area contributed by atoms with Crippen LogP contribution in [0.2, 0.25) is 0 Å². The second-order valence-corrected chi connectivity index (χ2v) is 5.86. The fraction of sp³-hybridized carbons (Fsp3) is 0.471. The molecule has 0 radical (unpaired) electrons. The molecule has 3 heteroatoms. The minimum atomic E-state index is 0.00563. The Kier molecular flexibility index (Phi) is 5.52. The average Bonchev–Trinajstić information content (AvgIpc) is 2.35. The summed E-state index contributed by atoms with van der Waals surface area (Å²) in [4.78, 5) is 11.3. The zero-order valence-corrected chi connectivity index (χ0v) is 13.4. The van der Waals surface area contributed by atoms with Crippen LogP contribution >= 0.6 is 0 Å². The summed E-state index contributed by atoms with van der Waals surface area (Å²) in [6, 6.07) is 6.28. The van der Waals surface area contributed by atoms with Crippen LogP contribution in [0.15, 0.2) is 30.0 Å². The van der Waals surface area contributed by atoms with E-state index in [1.54, 1.807) is 11.1 Å². The molecule has 110 valence electrons. The number of anilines is 1. The van der Waals surface area contributed by atoms with Gasteiger partial charge >= 0.3 is 0 Å². The predicted molar refractivity (Wildman–Crippen MR) is 85.7 cm³/mol. The van der Waals surface area contributed by atoms with E-state index in [0.29, 0.717) is 11.8 Å². The number of hydrogen-bond donors (Lipinski definition) is 1. The fourth-order valence-electron chi connectivity index (χ4n) is 2.33. The topological polar surface area (TPSA) is 46.3 Å². The standard InChI is InChI=1S/C17H26N2O/c1-11(2)15-8-7-9-16(12(3)4)17(15)19(18)13(5)10-14(6)20/h7-12H,18H2,1-6H3/b13-10-. The van der Waals surface area contributed by atoms with Crippen molar-refractivity contribution in [1.82, 2.24) is 0 Å². The highest BCUT2D eigenvalue weighted by Gasteiger charge is 2.18. The third kappa shape index (κ3) is 3.70. The molecule has 0 saturated carbocycles. The smallest absolute Gasteiger partial charge is 0.154 e. The molecule has 3 nitrogen and oxygen atoms in total. The number of carbonyl (C=O) groups excluding carboxylic acids is 1. The average molecular weight is 274 g/mol. The molecule has 0 unspecified atom stereocenters. The zero-order chi connectivity index (χ0) is 15.4. The Morgan fingerprint density at radius 3 is 1.90 bits per heavy atom. The molecule has 0 aliphatic heterocycles. The summed E-state index contributed by atoms with van der Waals surface area (Å²) in [6.45, 7) is 12.0. The van der Waals surface area contributed by atoms with Gasteiger partial charge in [0, 0.05) is 11.8 Å². The van der Waals surface area contributed by atoms with E-state index in [1.165, 1.54) is 18.1 Å². The highest BCUT2D eigenvalue weighted by atomic mass is 16.1. The third-order valence-electron chi connectivity index (χ3n) is 3.38. The first kappa shape index (κ1) is 16.4. The second-order valence-electron chi connectivity index (χ2n) is 5.86. The molecule has 0 aliphatic carbocycles. The van der Waals surface area contributed by atoms with E-state index in [-0.39, 0.29) is 5.78 Å². The Bertz CT molecular complexity index is 489. The first-order valence-corrected chi connectivity index (χ1v) is 7.12. The van der Waals surface area contributed by atoms with Crippen LogP contribution in [-0.4, -0.2) is 5.78 Å². The number of ketones is 1. The van der Waals surface area contributed by atoms with Crippen LogP contribution in [0.3, 0.4) is 0 Å². The van der Waals surface area contributed by atoms with Crippen molar-refractivity contribution in [2.75, 3.05) is 5.01 Å². The number of hydrazine groups is 1. The lowest BCUT2D eigenvalue weighted by atomic mass is 9.92. The van der Waals surface area contributed by atoms with Gasteiger partial charge < -0.3 is 0 Å². The molecular weight excluding hydrogens is 248 g/mol. The van der Waals surface area contributed by atoms with Crippen molar-refractivity contribution in [2.45, 2.75) is 53.4 Å². The molecule has 2 N–H and O–H groups in total. The molecule has 1 rings (SSSR count). The summed E-state index contributed by atoms with van der Waals surface area (Å²) in [5.74, 6) is 7.03. The van der Waals surface area contributed by atoms with Gasteiger partial charge in [-0.1, -0.05) is 45.9 Å². The van der Waals surface area contributed by atoms with Crippen LogP contribution in [0, 0.1) is 0 Å². The van der Waals surface area contributed by atoms with E-state index in [1.807, 2.05) is 6.92 Å². The summed E-state index contributed by atoms with van der Waals surface area (Å²) in [5.41, 5.74) is 4.19. The summed E-state index contributed by atoms with van der Waals surface area (Å²) >= 11 is 0. The Balaban J connectivity index is 3.43. The van der Waals surface area contributed by atoms with Gasteiger partial charge in [-0.05, 0) is 36.8 Å². The number of allylic oxidation sites excluding steroid dienone is 2. The monoisotopic (exact) mass is 274 g/mol. The number of rotatable bonds is 5. The molecule has 0 spiro atoms. The maximum atomic E-state index is 11.3. The first-order chi connectivity index (χ1) is 9.25. The van der Waals surface area contributed by atoms with Gasteiger partial charge in [-0.25, -0.2) is 5.84 Å². The Labute approximate surface area is 122 Å². The van der Waals surface area contributed by atoms with E-state index in [9.17, 15) is 4.79 Å². The van der Waals surface area contributed by atoms with Crippen molar-refractivity contribution in [3.05, 3.63) is 41.1 Å². The lowest BCUT2D eigenvalue weighted by Crippen LogP contribution is -2.31. The van der Waals surface area contributed by atoms with Crippen molar-refractivity contribution < 1.29 is 4.79 Å². The third-order valence-corrected chi connectivity index (χ3v) is 3.38. The Hall–Kier alpha value is -1.61. The SMILES string of the molecule is CC(=O)/C=C(/C)N(N)c1c(C(C)C)cccc1C(C)C. The van der Waals surface area contributed by atoms with Crippen molar-refractivity contribution in [3.8, 4) is 0 Å². The number of para-hydroxylation sites is 1. The Morgan fingerprint density at radius 1 is 1.10 bits per heavy atom. The molecule has 0 atom stereocenters. The summed E-state index contributed by atoms with van der Waals surface area (Å²) in [5, 5.41) is 1.64. The number of nitrogens with zero attached hydrogens (tertiary/aromatic N) is 1. The fourth-order valence-corrected chi connectivity index (χ4v) is 2.33. The number of benzene rings is 1. The minimum Gasteiger partial charge on any atom is -0.295 e. The minimum absolute atomic E-state index is 0.00563. The number of nitrogens with two attached hydrogens (primary N) is 1. The van der Waals surface area contributed by atoms with Crippen LogP contribution in [0.5, 0.6) is 0 Å². The summed E-state index contributed by atoms with van der Waals surface area (Å²) < 4.78 is 0. The highest BCUT2D eigenvalue weighted by Crippen LogP contribution is 2.35. The van der Waals surface area contributed by atoms with Crippen LogP contribution in [0.1, 0.15) is 64.5 Å². The van der Waals surface area contributed by atoms with Crippen LogP contribution in [0.4, 0.5) is 5.69 Å². The van der Waals surface area contributed by atoms with Crippen LogP contribution in [0.25, 0.3) is 0 Å². The molecule has 0 fully saturated rings. The molecule has 0 amide bonds. The van der Waals surface area contributed by atoms with Crippen molar-refractivity contribution in [2.24, 2.45) is 5.84 Å². The van der Waals surface area contributed by atoms with E-state index in [2.05, 4.69) is 45.9 Å². The van der Waals surface area contributed by atoms with Crippen LogP contribution in [-0.2, 0) is 4.79 Å². The normalized spacial score (nSPS) is 12.2. The largest absolute Gasteiger partial charge is 0.295 e. The first-order valence-electron chi connectivity index (χ1n) is 7.12. The van der Waals surface area contributed by atoms with Crippen molar-refractivity contribution in [3.63, 3.8) is 0 Å². The molecule has 0 aliphatic rings. The summed E-state index contributed by atoms with van der Waals surface area (Å²) in [7, 11) is 0. The van der Waals surface area contributed by atoms with Gasteiger partial charge in [0.2, 0.25) is 0 Å². The van der Waals surface area contributed by atoms with E-state index in [0.717, 1.165) is 11.4 Å².